The van der Waals surface area contributed by atoms with E-state index >= 15 is 0 Å². The Labute approximate surface area is 170 Å². The van der Waals surface area contributed by atoms with Gasteiger partial charge in [0.25, 0.3) is 0 Å². The molecular weight excluding hydrogens is 386 g/mol. The maximum Gasteiger partial charge on any atom is 0.238 e. The summed E-state index contributed by atoms with van der Waals surface area (Å²) in [4.78, 5) is 4.38. The molecule has 0 bridgehead atoms. The fourth-order valence-electron chi connectivity index (χ4n) is 3.75. The number of hydrogen-bond acceptors (Lipinski definition) is 5. The summed E-state index contributed by atoms with van der Waals surface area (Å²) in [5.41, 5.74) is 12.7. The molecule has 0 spiro atoms. The van der Waals surface area contributed by atoms with Gasteiger partial charge in [-0.2, -0.15) is 0 Å². The minimum atomic E-state index is -3.71. The van der Waals surface area contributed by atoms with Crippen LogP contribution in [0.4, 0.5) is 5.69 Å². The van der Waals surface area contributed by atoms with Crippen LogP contribution >= 0.6 is 0 Å². The minimum absolute atomic E-state index is 0.0993. The van der Waals surface area contributed by atoms with Crippen LogP contribution in [0.15, 0.2) is 59.6 Å². The van der Waals surface area contributed by atoms with Gasteiger partial charge >= 0.3 is 0 Å². The van der Waals surface area contributed by atoms with E-state index in [1.165, 1.54) is 17.2 Å². The van der Waals surface area contributed by atoms with E-state index in [0.717, 1.165) is 41.6 Å². The summed E-state index contributed by atoms with van der Waals surface area (Å²) in [5.74, 6) is 0.505. The van der Waals surface area contributed by atoms with E-state index in [-0.39, 0.29) is 4.90 Å². The van der Waals surface area contributed by atoms with Crippen molar-refractivity contribution < 1.29 is 13.2 Å². The molecule has 4 rings (SSSR count). The van der Waals surface area contributed by atoms with Crippen LogP contribution in [-0.4, -0.2) is 20.0 Å². The van der Waals surface area contributed by atoms with Gasteiger partial charge in [0, 0.05) is 29.9 Å². The van der Waals surface area contributed by atoms with Crippen molar-refractivity contribution in [3.8, 4) is 17.0 Å². The van der Waals surface area contributed by atoms with Crippen LogP contribution in [0.1, 0.15) is 23.1 Å². The molecule has 0 unspecified atom stereocenters. The van der Waals surface area contributed by atoms with Crippen molar-refractivity contribution in [1.82, 2.24) is 4.98 Å². The SMILES string of the molecule is Nc1c(-c2ccnc(OCCc3cccc(S(N)(=O)=O)c3)c2)ccc2c1CCC2. The quantitative estimate of drug-likeness (QED) is 0.608. The van der Waals surface area contributed by atoms with Crippen LogP contribution in [0.5, 0.6) is 5.88 Å². The number of rotatable bonds is 6. The Bertz CT molecular complexity index is 1160. The number of aromatic nitrogens is 1. The van der Waals surface area contributed by atoms with E-state index in [0.29, 0.717) is 18.9 Å². The lowest BCUT2D eigenvalue weighted by Crippen LogP contribution is -2.12. The van der Waals surface area contributed by atoms with Crippen LogP contribution in [0.25, 0.3) is 11.1 Å². The number of primary sulfonamides is 1. The molecule has 1 aromatic heterocycles. The average molecular weight is 410 g/mol. The van der Waals surface area contributed by atoms with Gasteiger partial charge in [0.1, 0.15) is 0 Å². The van der Waals surface area contributed by atoms with E-state index in [2.05, 4.69) is 17.1 Å². The first kappa shape index (κ1) is 19.4. The summed E-state index contributed by atoms with van der Waals surface area (Å²) in [7, 11) is -3.71. The molecule has 7 heteroatoms. The Morgan fingerprint density at radius 3 is 2.76 bits per heavy atom. The summed E-state index contributed by atoms with van der Waals surface area (Å²) < 4.78 is 28.8. The summed E-state index contributed by atoms with van der Waals surface area (Å²) in [5, 5.41) is 5.18. The minimum Gasteiger partial charge on any atom is -0.477 e. The van der Waals surface area contributed by atoms with Crippen LogP contribution in [0.2, 0.25) is 0 Å². The number of pyridine rings is 1. The molecule has 0 fully saturated rings. The highest BCUT2D eigenvalue weighted by atomic mass is 32.2. The molecule has 29 heavy (non-hydrogen) atoms. The van der Waals surface area contributed by atoms with Crippen molar-refractivity contribution in [2.75, 3.05) is 12.3 Å². The Kier molecular flexibility index (Phi) is 5.25. The number of nitrogen functional groups attached to an aromatic ring is 1. The lowest BCUT2D eigenvalue weighted by atomic mass is 9.98. The Morgan fingerprint density at radius 2 is 1.93 bits per heavy atom. The van der Waals surface area contributed by atoms with Crippen LogP contribution in [0.3, 0.4) is 0 Å². The second-order valence-electron chi connectivity index (χ2n) is 7.19. The Hall–Kier alpha value is -2.90. The van der Waals surface area contributed by atoms with Crippen molar-refractivity contribution in [3.05, 3.63) is 71.4 Å². The lowest BCUT2D eigenvalue weighted by molar-refractivity contribution is 0.309. The third-order valence-electron chi connectivity index (χ3n) is 5.24. The van der Waals surface area contributed by atoms with Gasteiger partial charge in [0.05, 0.1) is 11.5 Å². The van der Waals surface area contributed by atoms with Gasteiger partial charge in [-0.1, -0.05) is 24.3 Å². The van der Waals surface area contributed by atoms with Crippen molar-refractivity contribution in [2.45, 2.75) is 30.6 Å². The number of sulfonamides is 1. The molecule has 0 radical (unpaired) electrons. The second-order valence-corrected chi connectivity index (χ2v) is 8.75. The lowest BCUT2D eigenvalue weighted by Gasteiger charge is -2.12. The largest absolute Gasteiger partial charge is 0.477 e. The molecule has 3 aromatic rings. The third kappa shape index (κ3) is 4.26. The smallest absolute Gasteiger partial charge is 0.238 e. The number of anilines is 1. The zero-order valence-corrected chi connectivity index (χ0v) is 16.8. The molecule has 0 saturated heterocycles. The zero-order chi connectivity index (χ0) is 20.4. The maximum atomic E-state index is 11.5. The van der Waals surface area contributed by atoms with Gasteiger partial charge in [0.2, 0.25) is 15.9 Å². The molecule has 0 atom stereocenters. The first-order valence-corrected chi connectivity index (χ1v) is 11.1. The molecule has 1 aliphatic rings. The number of ether oxygens (including phenoxy) is 1. The van der Waals surface area contributed by atoms with E-state index in [1.807, 2.05) is 18.2 Å². The average Bonchev–Trinajstić information content (AvgIpc) is 3.18. The first-order valence-electron chi connectivity index (χ1n) is 9.53. The van der Waals surface area contributed by atoms with Gasteiger partial charge in [0.15, 0.2) is 0 Å². The molecule has 0 aliphatic heterocycles. The number of nitrogens with two attached hydrogens (primary N) is 2. The molecule has 150 valence electrons. The van der Waals surface area contributed by atoms with E-state index in [9.17, 15) is 8.42 Å². The van der Waals surface area contributed by atoms with E-state index < -0.39 is 10.0 Å². The van der Waals surface area contributed by atoms with Crippen molar-refractivity contribution in [3.63, 3.8) is 0 Å². The fraction of sp³-hybridized carbons (Fsp3) is 0.227. The molecular formula is C22H23N3O3S. The summed E-state index contributed by atoms with van der Waals surface area (Å²) in [6, 6.07) is 14.6. The second kappa shape index (κ2) is 7.85. The Balaban J connectivity index is 1.47. The normalized spacial score (nSPS) is 13.3. The maximum absolute atomic E-state index is 11.5. The van der Waals surface area contributed by atoms with Crippen LogP contribution in [-0.2, 0) is 29.3 Å². The van der Waals surface area contributed by atoms with Gasteiger partial charge in [-0.3, -0.25) is 0 Å². The van der Waals surface area contributed by atoms with Crippen LogP contribution < -0.4 is 15.6 Å². The highest BCUT2D eigenvalue weighted by molar-refractivity contribution is 7.89. The summed E-state index contributed by atoms with van der Waals surface area (Å²) in [6.45, 7) is 0.365. The molecule has 2 aromatic carbocycles. The summed E-state index contributed by atoms with van der Waals surface area (Å²) >= 11 is 0. The molecule has 1 heterocycles. The predicted octanol–water partition coefficient (Wildman–Crippen LogP) is 3.09. The predicted molar refractivity (Wildman–Crippen MR) is 113 cm³/mol. The van der Waals surface area contributed by atoms with Gasteiger partial charge in [-0.05, 0) is 59.7 Å². The first-order chi connectivity index (χ1) is 13.9. The van der Waals surface area contributed by atoms with Crippen molar-refractivity contribution in [2.24, 2.45) is 5.14 Å². The molecule has 6 nitrogen and oxygen atoms in total. The molecule has 4 N–H and O–H groups in total. The van der Waals surface area contributed by atoms with Crippen LogP contribution in [0, 0.1) is 0 Å². The summed E-state index contributed by atoms with van der Waals surface area (Å²) in [6.07, 6.45) is 5.52. The van der Waals surface area contributed by atoms with Gasteiger partial charge in [-0.15, -0.1) is 0 Å². The highest BCUT2D eigenvalue weighted by Crippen LogP contribution is 2.35. The van der Waals surface area contributed by atoms with E-state index in [4.69, 9.17) is 15.6 Å². The third-order valence-corrected chi connectivity index (χ3v) is 6.15. The number of hydrogen-bond donors (Lipinski definition) is 2. The number of nitrogens with zero attached hydrogens (tertiary/aromatic N) is 1. The molecule has 0 amide bonds. The fourth-order valence-corrected chi connectivity index (χ4v) is 4.34. The van der Waals surface area contributed by atoms with Gasteiger partial charge < -0.3 is 10.5 Å². The van der Waals surface area contributed by atoms with Crippen molar-refractivity contribution in [1.29, 1.82) is 0 Å². The molecule has 1 aliphatic carbocycles. The topological polar surface area (TPSA) is 108 Å². The van der Waals surface area contributed by atoms with Gasteiger partial charge in [-0.25, -0.2) is 18.5 Å². The highest BCUT2D eigenvalue weighted by Gasteiger charge is 2.17. The zero-order valence-electron chi connectivity index (χ0n) is 16.0. The van der Waals surface area contributed by atoms with E-state index in [1.54, 1.807) is 18.3 Å². The Morgan fingerprint density at radius 1 is 1.07 bits per heavy atom. The monoisotopic (exact) mass is 409 g/mol. The standard InChI is InChI=1S/C22H23N3O3S/c23-22-19-6-2-4-16(19)7-8-20(22)17-9-11-25-21(14-17)28-12-10-15-3-1-5-18(13-15)29(24,26)27/h1,3,5,7-9,11,13-14H,2,4,6,10,12,23H2,(H2,24,26,27). The number of fused-ring (bicyclic) bond motifs is 1. The molecule has 0 saturated carbocycles. The van der Waals surface area contributed by atoms with Crippen molar-refractivity contribution >= 4 is 15.7 Å². The number of benzene rings is 2. The number of aryl methyl sites for hydroxylation is 1.